The third-order valence-electron chi connectivity index (χ3n) is 6.07. The highest BCUT2D eigenvalue weighted by atomic mass is 16.5. The third-order valence-corrected chi connectivity index (χ3v) is 6.07. The van der Waals surface area contributed by atoms with Crippen LogP contribution in [0, 0.1) is 0 Å². The number of aryl methyl sites for hydroxylation is 1. The largest absolute Gasteiger partial charge is 0.373 e. The van der Waals surface area contributed by atoms with Gasteiger partial charge in [-0.05, 0) is 38.2 Å². The molecule has 0 aliphatic carbocycles. The van der Waals surface area contributed by atoms with Gasteiger partial charge in [-0.1, -0.05) is 6.07 Å². The first-order valence-corrected chi connectivity index (χ1v) is 10.8. The Morgan fingerprint density at radius 2 is 2.07 bits per heavy atom. The van der Waals surface area contributed by atoms with Crippen molar-refractivity contribution < 1.29 is 9.53 Å². The number of likely N-dealkylation sites (N-methyl/N-ethyl adjacent to an activating group) is 1. The van der Waals surface area contributed by atoms with Gasteiger partial charge in [0.25, 0.3) is 0 Å². The van der Waals surface area contributed by atoms with E-state index in [1.807, 2.05) is 36.5 Å². The number of amides is 1. The third kappa shape index (κ3) is 5.06. The van der Waals surface area contributed by atoms with Crippen molar-refractivity contribution >= 4 is 5.91 Å². The van der Waals surface area contributed by atoms with Crippen LogP contribution in [0.3, 0.4) is 0 Å². The van der Waals surface area contributed by atoms with E-state index in [0.29, 0.717) is 19.6 Å². The molecule has 2 atom stereocenters. The number of aromatic nitrogens is 3. The highest BCUT2D eigenvalue weighted by molar-refractivity contribution is 5.79. The minimum Gasteiger partial charge on any atom is -0.373 e. The van der Waals surface area contributed by atoms with E-state index < -0.39 is 0 Å². The van der Waals surface area contributed by atoms with Crippen LogP contribution >= 0.6 is 0 Å². The van der Waals surface area contributed by atoms with Gasteiger partial charge in [0.2, 0.25) is 5.91 Å². The summed E-state index contributed by atoms with van der Waals surface area (Å²) in [4.78, 5) is 24.3. The number of hydrogen-bond acceptors (Lipinski definition) is 6. The standard InChI is InChI=1S/C22H32N6O2/c1-25-7-4-8-27(10-9-25)17-20-22(19-15-24-26(2)16-19)28(11-12-30-20)21(29)13-18-5-3-6-23-14-18/h3,5-6,14-16,20,22H,4,7-13,17H2,1-2H3/t20-,22-/m0/s1. The molecule has 0 saturated carbocycles. The van der Waals surface area contributed by atoms with Gasteiger partial charge in [0.1, 0.15) is 0 Å². The fraction of sp³-hybridized carbons (Fsp3) is 0.591. The van der Waals surface area contributed by atoms with Gasteiger partial charge in [-0.25, -0.2) is 0 Å². The van der Waals surface area contributed by atoms with Gasteiger partial charge in [0.05, 0.1) is 31.4 Å². The lowest BCUT2D eigenvalue weighted by molar-refractivity contribution is -0.147. The molecule has 30 heavy (non-hydrogen) atoms. The molecule has 162 valence electrons. The summed E-state index contributed by atoms with van der Waals surface area (Å²) in [7, 11) is 4.09. The minimum absolute atomic E-state index is 0.0656. The van der Waals surface area contributed by atoms with E-state index in [-0.39, 0.29) is 18.1 Å². The van der Waals surface area contributed by atoms with Crippen LogP contribution in [0.1, 0.15) is 23.6 Å². The maximum Gasteiger partial charge on any atom is 0.227 e. The van der Waals surface area contributed by atoms with Gasteiger partial charge >= 0.3 is 0 Å². The van der Waals surface area contributed by atoms with Crippen LogP contribution in [0.25, 0.3) is 0 Å². The van der Waals surface area contributed by atoms with Gasteiger partial charge in [-0.2, -0.15) is 5.10 Å². The first-order chi connectivity index (χ1) is 14.6. The Hall–Kier alpha value is -2.29. The fourth-order valence-corrected chi connectivity index (χ4v) is 4.47. The summed E-state index contributed by atoms with van der Waals surface area (Å²) in [5, 5.41) is 4.37. The van der Waals surface area contributed by atoms with E-state index in [0.717, 1.165) is 50.3 Å². The monoisotopic (exact) mass is 412 g/mol. The van der Waals surface area contributed by atoms with Crippen molar-refractivity contribution in [1.82, 2.24) is 29.5 Å². The van der Waals surface area contributed by atoms with E-state index in [9.17, 15) is 4.79 Å². The first kappa shape index (κ1) is 21.0. The lowest BCUT2D eigenvalue weighted by atomic mass is 9.99. The molecular formula is C22H32N6O2. The second-order valence-corrected chi connectivity index (χ2v) is 8.38. The molecule has 4 rings (SSSR count). The summed E-state index contributed by atoms with van der Waals surface area (Å²) in [5.41, 5.74) is 1.97. The smallest absolute Gasteiger partial charge is 0.227 e. The molecule has 0 N–H and O–H groups in total. The normalized spacial score (nSPS) is 24.0. The molecule has 2 aromatic heterocycles. The molecule has 0 bridgehead atoms. The van der Waals surface area contributed by atoms with Crippen LogP contribution in [0.2, 0.25) is 0 Å². The fourth-order valence-electron chi connectivity index (χ4n) is 4.47. The predicted molar refractivity (Wildman–Crippen MR) is 114 cm³/mol. The Balaban J connectivity index is 1.53. The average Bonchev–Trinajstić information content (AvgIpc) is 3.07. The summed E-state index contributed by atoms with van der Waals surface area (Å²) in [6, 6.07) is 3.70. The van der Waals surface area contributed by atoms with Crippen molar-refractivity contribution in [3.8, 4) is 0 Å². The minimum atomic E-state index is -0.127. The molecule has 0 spiro atoms. The van der Waals surface area contributed by atoms with Crippen LogP contribution in [-0.2, 0) is 23.0 Å². The molecule has 8 heteroatoms. The Bertz CT molecular complexity index is 826. The van der Waals surface area contributed by atoms with E-state index in [1.165, 1.54) is 0 Å². The maximum atomic E-state index is 13.3. The topological polar surface area (TPSA) is 66.7 Å². The Morgan fingerprint density at radius 3 is 2.83 bits per heavy atom. The van der Waals surface area contributed by atoms with Crippen molar-refractivity contribution in [3.63, 3.8) is 0 Å². The molecule has 4 heterocycles. The molecule has 0 aromatic carbocycles. The second-order valence-electron chi connectivity index (χ2n) is 8.38. The molecule has 2 aromatic rings. The predicted octanol–water partition coefficient (Wildman–Crippen LogP) is 0.964. The number of nitrogens with zero attached hydrogens (tertiary/aromatic N) is 6. The zero-order valence-corrected chi connectivity index (χ0v) is 18.0. The number of carbonyl (C=O) groups excluding carboxylic acids is 1. The quantitative estimate of drug-likeness (QED) is 0.729. The average molecular weight is 413 g/mol. The van der Waals surface area contributed by atoms with Gasteiger partial charge in [-0.15, -0.1) is 0 Å². The van der Waals surface area contributed by atoms with E-state index in [1.54, 1.807) is 17.1 Å². The van der Waals surface area contributed by atoms with Crippen molar-refractivity contribution in [3.05, 3.63) is 48.0 Å². The molecule has 0 unspecified atom stereocenters. The lowest BCUT2D eigenvalue weighted by Gasteiger charge is -2.42. The van der Waals surface area contributed by atoms with Gasteiger partial charge in [-0.3, -0.25) is 19.4 Å². The van der Waals surface area contributed by atoms with Crippen LogP contribution in [0.5, 0.6) is 0 Å². The molecule has 8 nitrogen and oxygen atoms in total. The first-order valence-electron chi connectivity index (χ1n) is 10.8. The molecule has 0 radical (unpaired) electrons. The molecule has 2 fully saturated rings. The van der Waals surface area contributed by atoms with Crippen molar-refractivity contribution in [2.24, 2.45) is 7.05 Å². The molecule has 2 aliphatic rings. The summed E-state index contributed by atoms with van der Waals surface area (Å²) in [6.07, 6.45) is 8.82. The number of hydrogen-bond donors (Lipinski definition) is 0. The van der Waals surface area contributed by atoms with Crippen molar-refractivity contribution in [2.75, 3.05) is 52.9 Å². The summed E-state index contributed by atoms with van der Waals surface area (Å²) in [6.45, 7) is 6.26. The van der Waals surface area contributed by atoms with Crippen LogP contribution < -0.4 is 0 Å². The molecule has 1 amide bonds. The number of rotatable bonds is 5. The van der Waals surface area contributed by atoms with Gasteiger partial charge in [0, 0.05) is 57.4 Å². The summed E-state index contributed by atoms with van der Waals surface area (Å²) in [5.74, 6) is 0.112. The van der Waals surface area contributed by atoms with E-state index in [2.05, 4.69) is 26.9 Å². The van der Waals surface area contributed by atoms with Crippen LogP contribution in [0.4, 0.5) is 0 Å². The highest BCUT2D eigenvalue weighted by Gasteiger charge is 2.38. The number of morpholine rings is 1. The van der Waals surface area contributed by atoms with Crippen molar-refractivity contribution in [1.29, 1.82) is 0 Å². The number of carbonyl (C=O) groups is 1. The highest BCUT2D eigenvalue weighted by Crippen LogP contribution is 2.31. The van der Waals surface area contributed by atoms with E-state index >= 15 is 0 Å². The summed E-state index contributed by atoms with van der Waals surface area (Å²) >= 11 is 0. The maximum absolute atomic E-state index is 13.3. The second kappa shape index (κ2) is 9.68. The van der Waals surface area contributed by atoms with Crippen molar-refractivity contribution in [2.45, 2.75) is 25.0 Å². The molecule has 2 saturated heterocycles. The zero-order valence-electron chi connectivity index (χ0n) is 18.0. The molecular weight excluding hydrogens is 380 g/mol. The van der Waals surface area contributed by atoms with Crippen LogP contribution in [-0.4, -0.2) is 94.4 Å². The number of ether oxygens (including phenoxy) is 1. The van der Waals surface area contributed by atoms with Crippen LogP contribution in [0.15, 0.2) is 36.9 Å². The summed E-state index contributed by atoms with van der Waals surface area (Å²) < 4.78 is 8.05. The van der Waals surface area contributed by atoms with Gasteiger partial charge in [0.15, 0.2) is 0 Å². The zero-order chi connectivity index (χ0) is 20.9. The lowest BCUT2D eigenvalue weighted by Crippen LogP contribution is -2.52. The Kier molecular flexibility index (Phi) is 6.76. The van der Waals surface area contributed by atoms with E-state index in [4.69, 9.17) is 4.74 Å². The SMILES string of the molecule is CN1CCCN(C[C@@H]2OCCN(C(=O)Cc3cccnc3)[C@H]2c2cnn(C)c2)CC1. The number of pyridine rings is 1. The molecule has 2 aliphatic heterocycles. The Morgan fingerprint density at radius 1 is 1.17 bits per heavy atom. The Labute approximate surface area is 178 Å². The van der Waals surface area contributed by atoms with Gasteiger partial charge < -0.3 is 14.5 Å².